The first-order valence-corrected chi connectivity index (χ1v) is 14.9. The minimum absolute atomic E-state index is 0.0766. The van der Waals surface area contributed by atoms with Crippen molar-refractivity contribution >= 4 is 18.2 Å². The third-order valence-electron chi connectivity index (χ3n) is 8.49. The number of nitrogen functional groups attached to an aromatic ring is 1. The van der Waals surface area contributed by atoms with E-state index in [0.717, 1.165) is 36.0 Å². The molecule has 3 N–H and O–H groups in total. The number of carboxylic acid groups (broad SMARTS) is 1. The van der Waals surface area contributed by atoms with Gasteiger partial charge in [0.1, 0.15) is 29.7 Å². The molecule has 2 heterocycles. The van der Waals surface area contributed by atoms with Crippen LogP contribution in [0.1, 0.15) is 73.9 Å². The van der Waals surface area contributed by atoms with Gasteiger partial charge in [0.25, 0.3) is 0 Å². The van der Waals surface area contributed by atoms with Crippen LogP contribution in [0.2, 0.25) is 0 Å². The van der Waals surface area contributed by atoms with E-state index in [-0.39, 0.29) is 23.2 Å². The Morgan fingerprint density at radius 1 is 1.09 bits per heavy atom. The Balaban J connectivity index is 1.54. The number of nitrogens with two attached hydrogens (primary N) is 1. The summed E-state index contributed by atoms with van der Waals surface area (Å²) in [6.45, 7) is 7.42. The van der Waals surface area contributed by atoms with E-state index in [2.05, 4.69) is 4.98 Å². The third kappa shape index (κ3) is 6.87. The third-order valence-corrected chi connectivity index (χ3v) is 8.49. The molecule has 2 atom stereocenters. The molecule has 1 amide bonds. The number of ether oxygens (including phenoxy) is 3. The molecule has 3 aromatic rings. The molecule has 1 saturated heterocycles. The Bertz CT molecular complexity index is 1460. The molecular weight excluding hydrogens is 546 g/mol. The first-order chi connectivity index (χ1) is 20.6. The van der Waals surface area contributed by atoms with Crippen molar-refractivity contribution in [3.05, 3.63) is 65.2 Å². The lowest BCUT2D eigenvalue weighted by Gasteiger charge is -2.45. The van der Waals surface area contributed by atoms with Gasteiger partial charge < -0.3 is 30.0 Å². The van der Waals surface area contributed by atoms with Gasteiger partial charge in [0.2, 0.25) is 0 Å². The number of aromatic nitrogens is 1. The molecule has 1 aromatic heterocycles. The van der Waals surface area contributed by atoms with Crippen LogP contribution >= 0.6 is 0 Å². The fourth-order valence-electron chi connectivity index (χ4n) is 5.87. The van der Waals surface area contributed by atoms with Crippen molar-refractivity contribution < 1.29 is 28.9 Å². The summed E-state index contributed by atoms with van der Waals surface area (Å²) >= 11 is 0. The number of piperidine rings is 1. The lowest BCUT2D eigenvalue weighted by molar-refractivity contribution is 0.0524. The van der Waals surface area contributed by atoms with Crippen molar-refractivity contribution in [2.24, 2.45) is 11.3 Å². The van der Waals surface area contributed by atoms with E-state index in [0.29, 0.717) is 66.8 Å². The van der Waals surface area contributed by atoms with E-state index in [1.807, 2.05) is 69.3 Å². The minimum Gasteiger partial charge on any atom is -0.497 e. The van der Waals surface area contributed by atoms with E-state index in [4.69, 9.17) is 19.9 Å². The Kier molecular flexibility index (Phi) is 8.80. The second-order valence-electron chi connectivity index (χ2n) is 12.6. The molecule has 9 heteroatoms. The maximum Gasteiger partial charge on any atom is 0.407 e. The Hall–Kier alpha value is -4.27. The highest BCUT2D eigenvalue weighted by atomic mass is 16.5. The smallest absolute Gasteiger partial charge is 0.407 e. The van der Waals surface area contributed by atoms with Gasteiger partial charge in [-0.3, -0.25) is 4.79 Å². The number of anilines is 1. The van der Waals surface area contributed by atoms with Gasteiger partial charge in [-0.25, -0.2) is 9.78 Å². The van der Waals surface area contributed by atoms with Crippen LogP contribution in [0.3, 0.4) is 0 Å². The molecule has 2 fully saturated rings. The largest absolute Gasteiger partial charge is 0.497 e. The van der Waals surface area contributed by atoms with Crippen molar-refractivity contribution in [1.29, 1.82) is 0 Å². The zero-order valence-electron chi connectivity index (χ0n) is 25.3. The molecule has 228 valence electrons. The number of hydrogen-bond acceptors (Lipinski definition) is 7. The molecule has 2 aromatic carbocycles. The lowest BCUT2D eigenvalue weighted by Crippen LogP contribution is -2.51. The normalized spacial score (nSPS) is 18.7. The number of methoxy groups -OCH3 is 1. The quantitative estimate of drug-likeness (QED) is 0.249. The highest BCUT2D eigenvalue weighted by Gasteiger charge is 2.40. The molecule has 0 radical (unpaired) electrons. The van der Waals surface area contributed by atoms with E-state index in [1.54, 1.807) is 7.11 Å². The van der Waals surface area contributed by atoms with Crippen LogP contribution in [0.15, 0.2) is 48.5 Å². The van der Waals surface area contributed by atoms with Crippen LogP contribution in [-0.4, -0.2) is 53.7 Å². The molecule has 1 aliphatic heterocycles. The highest BCUT2D eigenvalue weighted by molar-refractivity contribution is 5.87. The Labute approximate surface area is 253 Å². The van der Waals surface area contributed by atoms with Crippen molar-refractivity contribution in [3.8, 4) is 28.5 Å². The summed E-state index contributed by atoms with van der Waals surface area (Å²) in [5.74, 6) is 2.60. The van der Waals surface area contributed by atoms with Crippen LogP contribution in [0.25, 0.3) is 11.3 Å². The number of carbonyl (C=O) groups excluding carboxylic acids is 1. The topological polar surface area (TPSA) is 124 Å². The zero-order chi connectivity index (χ0) is 30.7. The van der Waals surface area contributed by atoms with Gasteiger partial charge in [0.15, 0.2) is 6.29 Å². The van der Waals surface area contributed by atoms with Gasteiger partial charge in [-0.1, -0.05) is 39.0 Å². The molecule has 0 spiro atoms. The molecule has 43 heavy (non-hydrogen) atoms. The van der Waals surface area contributed by atoms with Crippen LogP contribution in [-0.2, 0) is 6.61 Å². The van der Waals surface area contributed by atoms with Crippen molar-refractivity contribution in [1.82, 2.24) is 9.88 Å². The molecule has 0 bridgehead atoms. The number of nitrogens with zero attached hydrogens (tertiary/aromatic N) is 2. The number of benzene rings is 2. The average molecular weight is 588 g/mol. The predicted molar refractivity (Wildman–Crippen MR) is 165 cm³/mol. The summed E-state index contributed by atoms with van der Waals surface area (Å²) in [6, 6.07) is 15.1. The summed E-state index contributed by atoms with van der Waals surface area (Å²) in [6.07, 6.45) is 3.27. The SMILES string of the molecule is COc1ccc(COc2cccc(OCC3CC3)c2-c2cc(C3CCN(C(=O)O)C(C(C)(C)C)C3)c(C=O)c(N)n2)cc1. The maximum atomic E-state index is 12.3. The van der Waals surface area contributed by atoms with Crippen LogP contribution in [0, 0.1) is 11.3 Å². The Morgan fingerprint density at radius 2 is 1.79 bits per heavy atom. The van der Waals surface area contributed by atoms with Crippen molar-refractivity contribution in [3.63, 3.8) is 0 Å². The second kappa shape index (κ2) is 12.5. The van der Waals surface area contributed by atoms with Crippen LogP contribution in [0.5, 0.6) is 17.2 Å². The monoisotopic (exact) mass is 587 g/mol. The van der Waals surface area contributed by atoms with Crippen LogP contribution in [0.4, 0.5) is 10.6 Å². The van der Waals surface area contributed by atoms with Gasteiger partial charge in [-0.05, 0) is 84.4 Å². The summed E-state index contributed by atoms with van der Waals surface area (Å²) in [4.78, 5) is 30.6. The lowest BCUT2D eigenvalue weighted by atomic mass is 9.74. The first-order valence-electron chi connectivity index (χ1n) is 14.9. The van der Waals surface area contributed by atoms with Gasteiger partial charge in [-0.15, -0.1) is 0 Å². The number of pyridine rings is 1. The predicted octanol–water partition coefficient (Wildman–Crippen LogP) is 6.79. The number of amides is 1. The molecule has 2 unspecified atom stereocenters. The van der Waals surface area contributed by atoms with E-state index < -0.39 is 6.09 Å². The van der Waals surface area contributed by atoms with Crippen molar-refractivity contribution in [2.75, 3.05) is 26.0 Å². The maximum absolute atomic E-state index is 12.3. The van der Waals surface area contributed by atoms with E-state index in [1.165, 1.54) is 4.90 Å². The second-order valence-corrected chi connectivity index (χ2v) is 12.6. The summed E-state index contributed by atoms with van der Waals surface area (Å²) in [5.41, 5.74) is 9.50. The molecule has 1 aliphatic carbocycles. The minimum atomic E-state index is -0.927. The Morgan fingerprint density at radius 3 is 2.40 bits per heavy atom. The zero-order valence-corrected chi connectivity index (χ0v) is 25.3. The van der Waals surface area contributed by atoms with Gasteiger partial charge >= 0.3 is 6.09 Å². The highest BCUT2D eigenvalue weighted by Crippen LogP contribution is 2.44. The molecule has 2 aliphatic rings. The molecule has 1 saturated carbocycles. The first kappa shape index (κ1) is 30.2. The summed E-state index contributed by atoms with van der Waals surface area (Å²) < 4.78 is 17.9. The molecule has 9 nitrogen and oxygen atoms in total. The van der Waals surface area contributed by atoms with E-state index >= 15 is 0 Å². The average Bonchev–Trinajstić information content (AvgIpc) is 3.82. The van der Waals surface area contributed by atoms with E-state index in [9.17, 15) is 14.7 Å². The van der Waals surface area contributed by atoms with Gasteiger partial charge in [-0.2, -0.15) is 0 Å². The molecular formula is C34H41N3O6. The fraction of sp³-hybridized carbons (Fsp3) is 0.441. The number of rotatable bonds is 10. The number of aldehydes is 1. The van der Waals surface area contributed by atoms with Gasteiger partial charge in [0, 0.05) is 12.6 Å². The summed E-state index contributed by atoms with van der Waals surface area (Å²) in [5, 5.41) is 9.89. The standard InChI is InChI=1S/C34H41N3O6/c1-34(2,3)30-16-23(14-15-37(30)33(39)40)25-17-27(36-32(35)26(25)18-38)31-28(42-19-21-8-9-21)6-5-7-29(31)43-20-22-10-12-24(41-4)13-11-22/h5-7,10-13,17-18,21,23,30H,8-9,14-16,19-20H2,1-4H3,(H2,35,36)(H,39,40). The number of carbonyl (C=O) groups is 2. The van der Waals surface area contributed by atoms with Gasteiger partial charge in [0.05, 0.1) is 30.5 Å². The van der Waals surface area contributed by atoms with Crippen molar-refractivity contribution in [2.45, 2.75) is 65.0 Å². The molecule has 5 rings (SSSR count). The summed E-state index contributed by atoms with van der Waals surface area (Å²) in [7, 11) is 1.63. The number of hydrogen-bond donors (Lipinski definition) is 2. The fourth-order valence-corrected chi connectivity index (χ4v) is 5.87. The number of likely N-dealkylation sites (tertiary alicyclic amines) is 1. The van der Waals surface area contributed by atoms with Crippen LogP contribution < -0.4 is 19.9 Å².